The van der Waals surface area contributed by atoms with Gasteiger partial charge in [0.15, 0.2) is 0 Å². The van der Waals surface area contributed by atoms with Crippen LogP contribution in [0.2, 0.25) is 0 Å². The van der Waals surface area contributed by atoms with Gasteiger partial charge in [-0.3, -0.25) is 9.59 Å². The molecular weight excluding hydrogens is 300 g/mol. The fraction of sp³-hybridized carbons (Fsp3) is 0.600. The Labute approximate surface area is 144 Å². The van der Waals surface area contributed by atoms with Gasteiger partial charge < -0.3 is 10.2 Å². The lowest BCUT2D eigenvalue weighted by atomic mass is 10.0. The van der Waals surface area contributed by atoms with Crippen molar-refractivity contribution in [2.45, 2.75) is 51.5 Å². The smallest absolute Gasteiger partial charge is 0.245 e. The first-order valence-corrected chi connectivity index (χ1v) is 9.25. The van der Waals surface area contributed by atoms with Gasteiger partial charge in [0.25, 0.3) is 0 Å². The molecule has 4 heteroatoms. The third-order valence-electron chi connectivity index (χ3n) is 5.27. The van der Waals surface area contributed by atoms with Crippen LogP contribution in [0, 0.1) is 11.8 Å². The number of nitrogens with one attached hydrogen (secondary N) is 1. The molecule has 2 amide bonds. The van der Waals surface area contributed by atoms with E-state index in [1.54, 1.807) is 0 Å². The van der Waals surface area contributed by atoms with Gasteiger partial charge in [-0.2, -0.15) is 0 Å². The Morgan fingerprint density at radius 3 is 2.46 bits per heavy atom. The lowest BCUT2D eigenvalue weighted by Gasteiger charge is -2.25. The van der Waals surface area contributed by atoms with E-state index in [1.807, 2.05) is 35.2 Å². The molecular formula is C20H28N2O2. The summed E-state index contributed by atoms with van der Waals surface area (Å²) >= 11 is 0. The van der Waals surface area contributed by atoms with Crippen molar-refractivity contribution >= 4 is 11.8 Å². The number of hydrogen-bond donors (Lipinski definition) is 1. The van der Waals surface area contributed by atoms with Crippen LogP contribution in [0.15, 0.2) is 30.3 Å². The Morgan fingerprint density at radius 1 is 1.17 bits per heavy atom. The van der Waals surface area contributed by atoms with E-state index in [2.05, 4.69) is 12.2 Å². The molecule has 1 aliphatic heterocycles. The van der Waals surface area contributed by atoms with Gasteiger partial charge in [-0.05, 0) is 43.1 Å². The number of rotatable bonds is 7. The van der Waals surface area contributed by atoms with Crippen LogP contribution in [0.1, 0.15) is 44.6 Å². The Hall–Kier alpha value is -1.84. The van der Waals surface area contributed by atoms with Gasteiger partial charge in [-0.15, -0.1) is 0 Å². The predicted octanol–water partition coefficient (Wildman–Crippen LogP) is 2.77. The first-order chi connectivity index (χ1) is 11.6. The van der Waals surface area contributed by atoms with Crippen LogP contribution >= 0.6 is 0 Å². The molecule has 1 aliphatic carbocycles. The number of carbonyl (C=O) groups is 2. The van der Waals surface area contributed by atoms with E-state index in [0.29, 0.717) is 24.7 Å². The SMILES string of the molecule is CC(CC(=O)NC(Cc1ccccc1)C(=O)N1CCCC1)C1CC1. The fourth-order valence-corrected chi connectivity index (χ4v) is 3.59. The molecule has 2 atom stereocenters. The quantitative estimate of drug-likeness (QED) is 0.837. The summed E-state index contributed by atoms with van der Waals surface area (Å²) in [6, 6.07) is 9.51. The molecule has 0 aromatic heterocycles. The minimum Gasteiger partial charge on any atom is -0.344 e. The Kier molecular flexibility index (Phi) is 5.54. The summed E-state index contributed by atoms with van der Waals surface area (Å²) in [6.45, 7) is 3.78. The summed E-state index contributed by atoms with van der Waals surface area (Å²) in [4.78, 5) is 27.2. The zero-order chi connectivity index (χ0) is 16.9. The molecule has 2 fully saturated rings. The van der Waals surface area contributed by atoms with Crippen LogP contribution < -0.4 is 5.32 Å². The van der Waals surface area contributed by atoms with Crippen molar-refractivity contribution in [2.75, 3.05) is 13.1 Å². The largest absolute Gasteiger partial charge is 0.344 e. The highest BCUT2D eigenvalue weighted by molar-refractivity contribution is 5.88. The second-order valence-corrected chi connectivity index (χ2v) is 7.36. The van der Waals surface area contributed by atoms with E-state index in [1.165, 1.54) is 12.8 Å². The van der Waals surface area contributed by atoms with E-state index in [0.717, 1.165) is 31.5 Å². The van der Waals surface area contributed by atoms with Crippen LogP contribution in [-0.2, 0) is 16.0 Å². The van der Waals surface area contributed by atoms with Crippen LogP contribution in [0.4, 0.5) is 0 Å². The fourth-order valence-electron chi connectivity index (χ4n) is 3.59. The molecule has 2 unspecified atom stereocenters. The Morgan fingerprint density at radius 2 is 1.83 bits per heavy atom. The molecule has 1 saturated carbocycles. The van der Waals surface area contributed by atoms with E-state index < -0.39 is 6.04 Å². The summed E-state index contributed by atoms with van der Waals surface area (Å²) in [6.07, 6.45) is 5.72. The first kappa shape index (κ1) is 17.0. The lowest BCUT2D eigenvalue weighted by Crippen LogP contribution is -2.49. The minimum atomic E-state index is -0.440. The lowest BCUT2D eigenvalue weighted by molar-refractivity contribution is -0.135. The summed E-state index contributed by atoms with van der Waals surface area (Å²) in [5, 5.41) is 3.03. The average Bonchev–Trinajstić information content (AvgIpc) is 3.29. The van der Waals surface area contributed by atoms with E-state index in [9.17, 15) is 9.59 Å². The van der Waals surface area contributed by atoms with Gasteiger partial charge in [0.2, 0.25) is 11.8 Å². The molecule has 2 aliphatic rings. The van der Waals surface area contributed by atoms with Crippen molar-refractivity contribution < 1.29 is 9.59 Å². The average molecular weight is 328 g/mol. The number of likely N-dealkylation sites (tertiary alicyclic amines) is 1. The van der Waals surface area contributed by atoms with E-state index in [-0.39, 0.29) is 11.8 Å². The third-order valence-corrected chi connectivity index (χ3v) is 5.27. The minimum absolute atomic E-state index is 0.0166. The maximum absolute atomic E-state index is 12.8. The van der Waals surface area contributed by atoms with Gasteiger partial charge >= 0.3 is 0 Å². The van der Waals surface area contributed by atoms with Crippen LogP contribution in [0.5, 0.6) is 0 Å². The first-order valence-electron chi connectivity index (χ1n) is 9.25. The van der Waals surface area contributed by atoms with Crippen molar-refractivity contribution in [3.8, 4) is 0 Å². The van der Waals surface area contributed by atoms with Crippen LogP contribution in [0.25, 0.3) is 0 Å². The number of amides is 2. The second-order valence-electron chi connectivity index (χ2n) is 7.36. The maximum Gasteiger partial charge on any atom is 0.245 e. The number of hydrogen-bond acceptors (Lipinski definition) is 2. The van der Waals surface area contributed by atoms with Gasteiger partial charge in [0.05, 0.1) is 0 Å². The van der Waals surface area contributed by atoms with E-state index >= 15 is 0 Å². The maximum atomic E-state index is 12.8. The molecule has 1 N–H and O–H groups in total. The zero-order valence-electron chi connectivity index (χ0n) is 14.5. The summed E-state index contributed by atoms with van der Waals surface area (Å²) in [5.74, 6) is 1.22. The van der Waals surface area contributed by atoms with Crippen LogP contribution in [-0.4, -0.2) is 35.8 Å². The number of nitrogens with zero attached hydrogens (tertiary/aromatic N) is 1. The van der Waals surface area contributed by atoms with Crippen molar-refractivity contribution in [3.05, 3.63) is 35.9 Å². The van der Waals surface area contributed by atoms with Crippen molar-refractivity contribution in [2.24, 2.45) is 11.8 Å². The molecule has 1 heterocycles. The van der Waals surface area contributed by atoms with Crippen molar-refractivity contribution in [1.82, 2.24) is 10.2 Å². The van der Waals surface area contributed by atoms with Gasteiger partial charge in [0, 0.05) is 25.9 Å². The summed E-state index contributed by atoms with van der Waals surface area (Å²) in [7, 11) is 0. The summed E-state index contributed by atoms with van der Waals surface area (Å²) in [5.41, 5.74) is 1.09. The Balaban J connectivity index is 1.63. The molecule has 0 bridgehead atoms. The van der Waals surface area contributed by atoms with Crippen molar-refractivity contribution in [3.63, 3.8) is 0 Å². The number of benzene rings is 1. The van der Waals surface area contributed by atoms with Gasteiger partial charge in [-0.1, -0.05) is 37.3 Å². The molecule has 0 spiro atoms. The second kappa shape index (κ2) is 7.82. The molecule has 1 saturated heterocycles. The van der Waals surface area contributed by atoms with Crippen molar-refractivity contribution in [1.29, 1.82) is 0 Å². The highest BCUT2D eigenvalue weighted by Crippen LogP contribution is 2.38. The topological polar surface area (TPSA) is 49.4 Å². The molecule has 24 heavy (non-hydrogen) atoms. The molecule has 3 rings (SSSR count). The van der Waals surface area contributed by atoms with Gasteiger partial charge in [-0.25, -0.2) is 0 Å². The molecule has 1 aromatic carbocycles. The molecule has 4 nitrogen and oxygen atoms in total. The standard InChI is InChI=1S/C20H28N2O2/c1-15(17-9-10-17)13-19(23)21-18(14-16-7-3-2-4-8-16)20(24)22-11-5-6-12-22/h2-4,7-8,15,17-18H,5-6,9-14H2,1H3,(H,21,23). The molecule has 1 aromatic rings. The normalized spacial score (nSPS) is 19.8. The van der Waals surface area contributed by atoms with E-state index in [4.69, 9.17) is 0 Å². The predicted molar refractivity (Wildman–Crippen MR) is 94.4 cm³/mol. The molecule has 0 radical (unpaired) electrons. The highest BCUT2D eigenvalue weighted by atomic mass is 16.2. The zero-order valence-corrected chi connectivity index (χ0v) is 14.5. The van der Waals surface area contributed by atoms with Crippen LogP contribution in [0.3, 0.4) is 0 Å². The summed E-state index contributed by atoms with van der Waals surface area (Å²) < 4.78 is 0. The highest BCUT2D eigenvalue weighted by Gasteiger charge is 2.31. The van der Waals surface area contributed by atoms with Gasteiger partial charge in [0.1, 0.15) is 6.04 Å². The third kappa shape index (κ3) is 4.59. The monoisotopic (exact) mass is 328 g/mol. The Bertz CT molecular complexity index is 562. The molecule has 130 valence electrons. The number of carbonyl (C=O) groups excluding carboxylic acids is 2.